The zero-order chi connectivity index (χ0) is 32.9. The number of para-hydroxylation sites is 2. The molecule has 7 rings (SSSR count). The first-order valence-electron chi connectivity index (χ1n) is 15.3. The highest BCUT2D eigenvalue weighted by Crippen LogP contribution is 2.42. The number of aromatic nitrogens is 1. The van der Waals surface area contributed by atoms with Crippen LogP contribution in [0.3, 0.4) is 0 Å². The van der Waals surface area contributed by atoms with Gasteiger partial charge in [0.2, 0.25) is 0 Å². The number of fused-ring (bicyclic) bond motifs is 4. The van der Waals surface area contributed by atoms with Gasteiger partial charge >= 0.3 is 0 Å². The van der Waals surface area contributed by atoms with E-state index >= 15 is 0 Å². The number of nitrogens with zero attached hydrogens (tertiary/aromatic N) is 3. The van der Waals surface area contributed by atoms with Crippen molar-refractivity contribution in [3.05, 3.63) is 124 Å². The molecule has 0 bridgehead atoms. The van der Waals surface area contributed by atoms with Crippen molar-refractivity contribution < 1.29 is 22.4 Å². The third-order valence-electron chi connectivity index (χ3n) is 8.80. The van der Waals surface area contributed by atoms with Gasteiger partial charge in [0, 0.05) is 23.5 Å². The van der Waals surface area contributed by atoms with Crippen molar-refractivity contribution in [2.45, 2.75) is 31.2 Å². The summed E-state index contributed by atoms with van der Waals surface area (Å²) >= 11 is 1.31. The van der Waals surface area contributed by atoms with Gasteiger partial charge in [-0.15, -0.1) is 11.3 Å². The number of rotatable bonds is 4. The molecule has 0 fully saturated rings. The lowest BCUT2D eigenvalue weighted by Gasteiger charge is -2.29. The molecule has 2 amide bonds. The Bertz CT molecular complexity index is 2140. The van der Waals surface area contributed by atoms with Gasteiger partial charge in [-0.1, -0.05) is 54.6 Å². The largest absolute Gasteiger partial charge is 0.349 e. The van der Waals surface area contributed by atoms with E-state index in [4.69, 9.17) is 4.98 Å². The maximum atomic E-state index is 14.4. The third-order valence-corrected chi connectivity index (χ3v) is 11.8. The predicted octanol–water partition coefficient (Wildman–Crippen LogP) is 7.07. The SMILES string of the molecule is Cc1cccc(F)c1NC(=O)c1cc2c(s1)-c1ccccc1N(C(=O)c1cccc(N3CCS(=O)(=O)c4ccccc4[C@H]3C)n1)CC2. The molecule has 3 aromatic carbocycles. The zero-order valence-electron chi connectivity index (χ0n) is 25.7. The Labute approximate surface area is 276 Å². The topological polar surface area (TPSA) is 99.7 Å². The van der Waals surface area contributed by atoms with Crippen molar-refractivity contribution in [3.63, 3.8) is 0 Å². The van der Waals surface area contributed by atoms with E-state index < -0.39 is 15.7 Å². The monoisotopic (exact) mass is 666 g/mol. The average molecular weight is 667 g/mol. The number of anilines is 3. The van der Waals surface area contributed by atoms with Crippen LogP contribution in [0.2, 0.25) is 0 Å². The van der Waals surface area contributed by atoms with Gasteiger partial charge in [0.05, 0.1) is 32.9 Å². The molecular formula is C36H31FN4O4S2. The molecular weight excluding hydrogens is 636 g/mol. The maximum absolute atomic E-state index is 14.4. The Morgan fingerprint density at radius 1 is 0.957 bits per heavy atom. The van der Waals surface area contributed by atoms with Gasteiger partial charge in [-0.2, -0.15) is 0 Å². The lowest BCUT2D eigenvalue weighted by molar-refractivity contribution is 0.0981. The number of sulfone groups is 1. The van der Waals surface area contributed by atoms with Crippen molar-refractivity contribution in [2.75, 3.05) is 34.0 Å². The number of halogens is 1. The molecule has 5 aromatic rings. The Morgan fingerprint density at radius 3 is 2.55 bits per heavy atom. The molecule has 0 aliphatic carbocycles. The van der Waals surface area contributed by atoms with Crippen LogP contribution < -0.4 is 15.1 Å². The number of carbonyl (C=O) groups is 2. The molecule has 0 saturated carbocycles. The number of carbonyl (C=O) groups excluding carboxylic acids is 2. The highest BCUT2D eigenvalue weighted by Gasteiger charge is 2.32. The number of hydrogen-bond acceptors (Lipinski definition) is 7. The fourth-order valence-electron chi connectivity index (χ4n) is 6.34. The zero-order valence-corrected chi connectivity index (χ0v) is 27.4. The number of nitrogens with one attached hydrogen (secondary N) is 1. The summed E-state index contributed by atoms with van der Waals surface area (Å²) in [6.45, 7) is 4.28. The van der Waals surface area contributed by atoms with Crippen LogP contribution in [-0.4, -0.2) is 44.1 Å². The minimum atomic E-state index is -3.47. The van der Waals surface area contributed by atoms with Crippen LogP contribution in [0, 0.1) is 12.7 Å². The molecule has 4 heterocycles. The molecule has 0 spiro atoms. The summed E-state index contributed by atoms with van der Waals surface area (Å²) in [6, 6.07) is 26.1. The summed E-state index contributed by atoms with van der Waals surface area (Å²) in [4.78, 5) is 37.5. The summed E-state index contributed by atoms with van der Waals surface area (Å²) in [6.07, 6.45) is 0.496. The smallest absolute Gasteiger partial charge is 0.276 e. The molecule has 1 atom stereocenters. The molecule has 0 radical (unpaired) electrons. The van der Waals surface area contributed by atoms with Gasteiger partial charge in [-0.05, 0) is 73.4 Å². The average Bonchev–Trinajstić information content (AvgIpc) is 3.40. The van der Waals surface area contributed by atoms with Gasteiger partial charge in [-0.3, -0.25) is 9.59 Å². The molecule has 47 heavy (non-hydrogen) atoms. The molecule has 8 nitrogen and oxygen atoms in total. The Morgan fingerprint density at radius 2 is 1.72 bits per heavy atom. The second-order valence-corrected chi connectivity index (χ2v) is 14.8. The van der Waals surface area contributed by atoms with E-state index in [1.165, 1.54) is 17.4 Å². The van der Waals surface area contributed by atoms with E-state index in [0.29, 0.717) is 45.4 Å². The highest BCUT2D eigenvalue weighted by atomic mass is 32.2. The van der Waals surface area contributed by atoms with Crippen molar-refractivity contribution in [2.24, 2.45) is 0 Å². The van der Waals surface area contributed by atoms with E-state index in [0.717, 1.165) is 16.0 Å². The standard InChI is InChI=1S/C36H31FN4O4S2/c1-22-9-7-12-27(37)33(22)39-35(42)30-21-24-17-18-41(29-14-5-3-11-26(29)34(24)46-30)36(43)28-13-8-16-32(38-28)40-19-20-47(44,45)31-15-6-4-10-25(31)23(40)2/h3-16,21,23H,17-20H2,1-2H3,(H,39,42)/t23-/m1/s1. The van der Waals surface area contributed by atoms with Crippen LogP contribution in [0.5, 0.6) is 0 Å². The molecule has 2 aromatic heterocycles. The fraction of sp³-hybridized carbons (Fsp3) is 0.194. The Hall–Kier alpha value is -4.87. The second kappa shape index (κ2) is 12.1. The van der Waals surface area contributed by atoms with Gasteiger partial charge in [-0.25, -0.2) is 17.8 Å². The number of aryl methyl sites for hydroxylation is 1. The maximum Gasteiger partial charge on any atom is 0.276 e. The highest BCUT2D eigenvalue weighted by molar-refractivity contribution is 7.91. The predicted molar refractivity (Wildman–Crippen MR) is 183 cm³/mol. The fourth-order valence-corrected chi connectivity index (χ4v) is 9.02. The van der Waals surface area contributed by atoms with E-state index in [9.17, 15) is 22.4 Å². The minimum Gasteiger partial charge on any atom is -0.349 e. The van der Waals surface area contributed by atoms with E-state index in [1.807, 2.05) is 54.3 Å². The van der Waals surface area contributed by atoms with Gasteiger partial charge in [0.25, 0.3) is 11.8 Å². The third kappa shape index (κ3) is 5.59. The lowest BCUT2D eigenvalue weighted by atomic mass is 10.1. The lowest BCUT2D eigenvalue weighted by Crippen LogP contribution is -2.34. The molecule has 1 N–H and O–H groups in total. The number of thiophene rings is 1. The van der Waals surface area contributed by atoms with Crippen LogP contribution in [-0.2, 0) is 16.3 Å². The van der Waals surface area contributed by atoms with Crippen LogP contribution in [0.25, 0.3) is 10.4 Å². The number of hydrogen-bond donors (Lipinski definition) is 1. The molecule has 0 saturated heterocycles. The molecule has 238 valence electrons. The quantitative estimate of drug-likeness (QED) is 0.220. The second-order valence-electron chi connectivity index (χ2n) is 11.7. The van der Waals surface area contributed by atoms with E-state index in [-0.39, 0.29) is 41.5 Å². The molecule has 11 heteroatoms. The van der Waals surface area contributed by atoms with Gasteiger partial charge in [0.1, 0.15) is 17.3 Å². The number of pyridine rings is 1. The van der Waals surface area contributed by atoms with Gasteiger partial charge in [0.15, 0.2) is 9.84 Å². The summed E-state index contributed by atoms with van der Waals surface area (Å²) in [5.41, 5.74) is 4.18. The summed E-state index contributed by atoms with van der Waals surface area (Å²) in [5, 5.41) is 2.73. The summed E-state index contributed by atoms with van der Waals surface area (Å²) in [7, 11) is -3.47. The molecule has 2 aliphatic heterocycles. The summed E-state index contributed by atoms with van der Waals surface area (Å²) in [5.74, 6) is -0.693. The number of benzene rings is 3. The minimum absolute atomic E-state index is 0.0595. The van der Waals surface area contributed by atoms with Crippen molar-refractivity contribution in [1.82, 2.24) is 4.98 Å². The first-order valence-corrected chi connectivity index (χ1v) is 17.7. The van der Waals surface area contributed by atoms with Crippen molar-refractivity contribution in [1.29, 1.82) is 0 Å². The Kier molecular flexibility index (Phi) is 7.89. The van der Waals surface area contributed by atoms with Crippen LogP contribution >= 0.6 is 11.3 Å². The normalized spacial score (nSPS) is 16.7. The Balaban J connectivity index is 1.18. The van der Waals surface area contributed by atoms with Crippen LogP contribution in [0.1, 0.15) is 49.8 Å². The van der Waals surface area contributed by atoms with Gasteiger partial charge < -0.3 is 15.1 Å². The molecule has 2 aliphatic rings. The van der Waals surface area contributed by atoms with Crippen molar-refractivity contribution in [3.8, 4) is 10.4 Å². The van der Waals surface area contributed by atoms with Crippen LogP contribution in [0.15, 0.2) is 95.9 Å². The summed E-state index contributed by atoms with van der Waals surface area (Å²) < 4.78 is 40.5. The van der Waals surface area contributed by atoms with E-state index in [1.54, 1.807) is 54.3 Å². The first-order chi connectivity index (χ1) is 22.6. The number of amides is 2. The van der Waals surface area contributed by atoms with E-state index in [2.05, 4.69) is 5.32 Å². The van der Waals surface area contributed by atoms with Crippen LogP contribution in [0.4, 0.5) is 21.6 Å². The molecule has 0 unspecified atom stereocenters. The van der Waals surface area contributed by atoms with Crippen molar-refractivity contribution >= 4 is 50.2 Å². The first kappa shape index (κ1) is 30.8.